The van der Waals surface area contributed by atoms with Crippen LogP contribution >= 0.6 is 11.3 Å². The molecule has 2 N–H and O–H groups in total. The summed E-state index contributed by atoms with van der Waals surface area (Å²) in [5, 5.41) is 8.84. The van der Waals surface area contributed by atoms with Crippen LogP contribution in [0.15, 0.2) is 17.3 Å². The quantitative estimate of drug-likeness (QED) is 0.522. The third-order valence-corrected chi connectivity index (χ3v) is 4.87. The molecule has 0 saturated heterocycles. The number of hydrogen-bond donors (Lipinski definition) is 1. The molecule has 1 aliphatic carbocycles. The van der Waals surface area contributed by atoms with Crippen LogP contribution in [0.5, 0.6) is 0 Å². The van der Waals surface area contributed by atoms with Gasteiger partial charge in [0, 0.05) is 10.6 Å². The Morgan fingerprint density at radius 3 is 2.91 bits per heavy atom. The average Bonchev–Trinajstić information content (AvgIpc) is 2.88. The van der Waals surface area contributed by atoms with Crippen molar-refractivity contribution in [2.45, 2.75) is 33.1 Å². The first-order valence-corrected chi connectivity index (χ1v) is 7.92. The van der Waals surface area contributed by atoms with Crippen LogP contribution in [-0.2, 0) is 22.4 Å². The molecule has 116 valence electrons. The maximum atomic E-state index is 12.0. The number of thiophene rings is 1. The molecule has 5 nitrogen and oxygen atoms in total. The van der Waals surface area contributed by atoms with Crippen molar-refractivity contribution in [2.75, 3.05) is 6.61 Å². The van der Waals surface area contributed by atoms with E-state index in [1.165, 1.54) is 28.7 Å². The number of carbonyl (C=O) groups excluding carboxylic acids is 2. The second-order valence-corrected chi connectivity index (χ2v) is 6.71. The minimum absolute atomic E-state index is 0.129. The number of rotatable bonds is 4. The highest BCUT2D eigenvalue weighted by Gasteiger charge is 2.22. The molecule has 1 heterocycles. The number of esters is 1. The van der Waals surface area contributed by atoms with Gasteiger partial charge in [0.15, 0.2) is 6.61 Å². The van der Waals surface area contributed by atoms with Gasteiger partial charge in [-0.25, -0.2) is 4.79 Å². The zero-order valence-corrected chi connectivity index (χ0v) is 13.5. The Bertz CT molecular complexity index is 678. The van der Waals surface area contributed by atoms with Gasteiger partial charge in [0.1, 0.15) is 16.5 Å². The van der Waals surface area contributed by atoms with Crippen LogP contribution in [0.2, 0.25) is 0 Å². The number of Topliss-reactive ketones (excluding diaryl/α,β-unsaturated/α-hetero) is 1. The summed E-state index contributed by atoms with van der Waals surface area (Å²) in [6, 6.07) is 3.58. The fraction of sp³-hybridized carbons (Fsp3) is 0.438. The smallest absolute Gasteiger partial charge is 0.348 e. The van der Waals surface area contributed by atoms with E-state index in [0.717, 1.165) is 19.3 Å². The third-order valence-electron chi connectivity index (χ3n) is 3.65. The molecule has 0 amide bonds. The largest absolute Gasteiger partial charge is 0.453 e. The number of ether oxygens (including phenoxy) is 1. The molecule has 0 fully saturated rings. The van der Waals surface area contributed by atoms with Crippen LogP contribution in [-0.4, -0.2) is 18.4 Å². The third kappa shape index (κ3) is 3.55. The maximum Gasteiger partial charge on any atom is 0.348 e. The molecule has 1 atom stereocenters. The van der Waals surface area contributed by atoms with Gasteiger partial charge in [0.05, 0.1) is 0 Å². The van der Waals surface area contributed by atoms with E-state index in [1.54, 1.807) is 6.07 Å². The minimum atomic E-state index is -0.578. The highest BCUT2D eigenvalue weighted by atomic mass is 32.1. The summed E-state index contributed by atoms with van der Waals surface area (Å²) in [6.45, 7) is 3.20. The number of aryl methyl sites for hydroxylation is 1. The SMILES string of the molecule is C/C(N)=C(/C#N)C(=O)COC(=O)c1cc2c(s1)CC[C@@H](C)C2. The average molecular weight is 318 g/mol. The van der Waals surface area contributed by atoms with Gasteiger partial charge >= 0.3 is 5.97 Å². The number of hydrogen-bond acceptors (Lipinski definition) is 6. The number of fused-ring (bicyclic) bond motifs is 1. The van der Waals surface area contributed by atoms with Gasteiger partial charge in [0.25, 0.3) is 0 Å². The number of nitrogens with zero attached hydrogens (tertiary/aromatic N) is 1. The van der Waals surface area contributed by atoms with Gasteiger partial charge in [-0.15, -0.1) is 11.3 Å². The summed E-state index contributed by atoms with van der Waals surface area (Å²) in [4.78, 5) is 25.5. The lowest BCUT2D eigenvalue weighted by Crippen LogP contribution is -2.17. The number of nitriles is 1. The van der Waals surface area contributed by atoms with Gasteiger partial charge in [-0.2, -0.15) is 5.26 Å². The lowest BCUT2D eigenvalue weighted by atomic mass is 9.90. The van der Waals surface area contributed by atoms with E-state index in [-0.39, 0.29) is 11.3 Å². The molecule has 0 radical (unpaired) electrons. The summed E-state index contributed by atoms with van der Waals surface area (Å²) in [5.74, 6) is -0.471. The van der Waals surface area contributed by atoms with Crippen LogP contribution in [0, 0.1) is 17.2 Å². The van der Waals surface area contributed by atoms with E-state index >= 15 is 0 Å². The zero-order valence-electron chi connectivity index (χ0n) is 12.6. The summed E-state index contributed by atoms with van der Waals surface area (Å²) in [5.41, 5.74) is 6.62. The monoisotopic (exact) mass is 318 g/mol. The predicted octanol–water partition coefficient (Wildman–Crippen LogP) is 2.36. The van der Waals surface area contributed by atoms with Crippen LogP contribution in [0.3, 0.4) is 0 Å². The Labute approximate surface area is 133 Å². The van der Waals surface area contributed by atoms with E-state index in [1.807, 2.05) is 6.07 Å². The Morgan fingerprint density at radius 1 is 1.55 bits per heavy atom. The molecule has 0 saturated carbocycles. The topological polar surface area (TPSA) is 93.2 Å². The number of carbonyl (C=O) groups is 2. The Kier molecular flexibility index (Phi) is 4.99. The number of nitrogens with two attached hydrogens (primary N) is 1. The van der Waals surface area contributed by atoms with Crippen molar-refractivity contribution in [2.24, 2.45) is 11.7 Å². The lowest BCUT2D eigenvalue weighted by molar-refractivity contribution is -0.118. The molecule has 0 unspecified atom stereocenters. The molecule has 1 aromatic heterocycles. The lowest BCUT2D eigenvalue weighted by Gasteiger charge is -2.16. The Balaban J connectivity index is 2.01. The number of allylic oxidation sites excluding steroid dienone is 1. The Morgan fingerprint density at radius 2 is 2.27 bits per heavy atom. The van der Waals surface area contributed by atoms with Crippen molar-refractivity contribution in [3.8, 4) is 6.07 Å². The van der Waals surface area contributed by atoms with Crippen LogP contribution in [0.25, 0.3) is 0 Å². The van der Waals surface area contributed by atoms with Gasteiger partial charge in [-0.3, -0.25) is 4.79 Å². The number of ketones is 1. The van der Waals surface area contributed by atoms with Gasteiger partial charge < -0.3 is 10.5 Å². The van der Waals surface area contributed by atoms with Gasteiger partial charge in [0.2, 0.25) is 5.78 Å². The first-order valence-electron chi connectivity index (χ1n) is 7.10. The van der Waals surface area contributed by atoms with Crippen LogP contribution < -0.4 is 5.73 Å². The molecule has 1 aromatic rings. The fourth-order valence-corrected chi connectivity index (χ4v) is 3.55. The summed E-state index contributed by atoms with van der Waals surface area (Å²) in [6.07, 6.45) is 3.10. The van der Waals surface area contributed by atoms with Crippen molar-refractivity contribution in [3.05, 3.63) is 32.7 Å². The van der Waals surface area contributed by atoms with Crippen molar-refractivity contribution >= 4 is 23.1 Å². The predicted molar refractivity (Wildman–Crippen MR) is 83.3 cm³/mol. The van der Waals surface area contributed by atoms with Gasteiger partial charge in [-0.05, 0) is 43.7 Å². The van der Waals surface area contributed by atoms with E-state index in [2.05, 4.69) is 6.92 Å². The van der Waals surface area contributed by atoms with Crippen molar-refractivity contribution in [1.29, 1.82) is 5.26 Å². The highest BCUT2D eigenvalue weighted by Crippen LogP contribution is 2.32. The van der Waals surface area contributed by atoms with E-state index in [4.69, 9.17) is 15.7 Å². The molecule has 1 aliphatic rings. The van der Waals surface area contributed by atoms with Crippen molar-refractivity contribution < 1.29 is 14.3 Å². The van der Waals surface area contributed by atoms with Gasteiger partial charge in [-0.1, -0.05) is 6.92 Å². The normalized spacial score (nSPS) is 18.0. The summed E-state index contributed by atoms with van der Waals surface area (Å²) >= 11 is 1.43. The zero-order chi connectivity index (χ0) is 16.3. The molecule has 22 heavy (non-hydrogen) atoms. The molecule has 2 rings (SSSR count). The second kappa shape index (κ2) is 6.75. The van der Waals surface area contributed by atoms with Crippen molar-refractivity contribution in [3.63, 3.8) is 0 Å². The first kappa shape index (κ1) is 16.2. The molecule has 0 bridgehead atoms. The second-order valence-electron chi connectivity index (χ2n) is 5.58. The highest BCUT2D eigenvalue weighted by molar-refractivity contribution is 7.14. The van der Waals surface area contributed by atoms with Crippen molar-refractivity contribution in [1.82, 2.24) is 0 Å². The van der Waals surface area contributed by atoms with Crippen LogP contribution in [0.1, 0.15) is 40.4 Å². The minimum Gasteiger partial charge on any atom is -0.453 e. The summed E-state index contributed by atoms with van der Waals surface area (Å²) < 4.78 is 5.01. The molecule has 6 heteroatoms. The molecule has 0 spiro atoms. The Hall–Kier alpha value is -2.13. The first-order chi connectivity index (χ1) is 10.4. The van der Waals surface area contributed by atoms with E-state index < -0.39 is 18.4 Å². The standard InChI is InChI=1S/C16H18N2O3S/c1-9-3-4-14-11(5-9)6-15(22-14)16(20)21-8-13(19)12(7-17)10(2)18/h6,9H,3-5,8,18H2,1-2H3/b12-10+/t9-/m1/s1. The van der Waals surface area contributed by atoms with E-state index in [9.17, 15) is 9.59 Å². The molecular formula is C16H18N2O3S. The molecule has 0 aliphatic heterocycles. The molecule has 0 aromatic carbocycles. The fourth-order valence-electron chi connectivity index (χ4n) is 2.45. The maximum absolute atomic E-state index is 12.0. The van der Waals surface area contributed by atoms with E-state index in [0.29, 0.717) is 10.8 Å². The van der Waals surface area contributed by atoms with Crippen LogP contribution in [0.4, 0.5) is 0 Å². The summed E-state index contributed by atoms with van der Waals surface area (Å²) in [7, 11) is 0. The molecular weight excluding hydrogens is 300 g/mol.